The van der Waals surface area contributed by atoms with Crippen molar-refractivity contribution >= 4 is 5.91 Å². The average molecular weight is 354 g/mol. The average Bonchev–Trinajstić information content (AvgIpc) is 3.08. The molecule has 0 atom stereocenters. The van der Waals surface area contributed by atoms with Crippen LogP contribution in [0.5, 0.6) is 0 Å². The van der Waals surface area contributed by atoms with Gasteiger partial charge >= 0.3 is 0 Å². The molecule has 0 N–H and O–H groups in total. The largest absolute Gasteiger partial charge is 0.332 e. The molecule has 1 aromatic heterocycles. The lowest BCUT2D eigenvalue weighted by Gasteiger charge is -2.35. The third kappa shape index (κ3) is 4.35. The van der Waals surface area contributed by atoms with Gasteiger partial charge in [0.25, 0.3) is 0 Å². The normalized spacial score (nSPS) is 15.4. The van der Waals surface area contributed by atoms with Crippen molar-refractivity contribution in [1.82, 2.24) is 14.5 Å². The number of aromatic nitrogens is 2. The van der Waals surface area contributed by atoms with Crippen LogP contribution in [0, 0.1) is 12.8 Å². The summed E-state index contributed by atoms with van der Waals surface area (Å²) >= 11 is 0. The lowest BCUT2D eigenvalue weighted by atomic mass is 9.93. The van der Waals surface area contributed by atoms with Crippen molar-refractivity contribution in [2.75, 3.05) is 0 Å². The lowest BCUT2D eigenvalue weighted by molar-refractivity contribution is -0.138. The van der Waals surface area contributed by atoms with E-state index in [0.29, 0.717) is 12.6 Å². The summed E-state index contributed by atoms with van der Waals surface area (Å²) in [7, 11) is 0. The van der Waals surface area contributed by atoms with E-state index in [1.807, 2.05) is 26.2 Å². The van der Waals surface area contributed by atoms with Crippen LogP contribution in [0.3, 0.4) is 0 Å². The molecule has 1 aromatic carbocycles. The van der Waals surface area contributed by atoms with E-state index in [9.17, 15) is 4.79 Å². The van der Waals surface area contributed by atoms with Gasteiger partial charge in [0.2, 0.25) is 5.91 Å². The van der Waals surface area contributed by atoms with Crippen molar-refractivity contribution in [2.45, 2.75) is 72.0 Å². The number of hydrogen-bond acceptors (Lipinski definition) is 2. The van der Waals surface area contributed by atoms with E-state index < -0.39 is 0 Å². The highest BCUT2D eigenvalue weighted by atomic mass is 16.2. The molecule has 1 saturated carbocycles. The molecule has 1 aliphatic carbocycles. The Morgan fingerprint density at radius 1 is 1.23 bits per heavy atom. The smallest absolute Gasteiger partial charge is 0.225 e. The van der Waals surface area contributed by atoms with Crippen LogP contribution < -0.4 is 0 Å². The minimum absolute atomic E-state index is 0.0247. The number of nitrogens with zero attached hydrogens (tertiary/aromatic N) is 3. The molecule has 140 valence electrons. The van der Waals surface area contributed by atoms with Crippen molar-refractivity contribution in [3.63, 3.8) is 0 Å². The zero-order valence-electron chi connectivity index (χ0n) is 16.3. The Morgan fingerprint density at radius 3 is 2.65 bits per heavy atom. The van der Waals surface area contributed by atoms with Gasteiger partial charge in [-0.3, -0.25) is 4.79 Å². The zero-order chi connectivity index (χ0) is 18.5. The van der Waals surface area contributed by atoms with Gasteiger partial charge < -0.3 is 9.47 Å². The molecule has 4 nitrogen and oxygen atoms in total. The molecule has 0 bridgehead atoms. The SMILES string of the molecule is Cc1ccccc1Cn1ccnc1CN(C(=O)C(C)C)C1CCCCC1. The molecule has 4 heteroatoms. The minimum Gasteiger partial charge on any atom is -0.332 e. The van der Waals surface area contributed by atoms with Gasteiger partial charge in [0.05, 0.1) is 6.54 Å². The number of amides is 1. The second-order valence-corrected chi connectivity index (χ2v) is 7.81. The standard InChI is InChI=1S/C22H31N3O/c1-17(2)22(26)25(20-11-5-4-6-12-20)16-21-23-13-14-24(21)15-19-10-8-7-9-18(19)3/h7-10,13-14,17,20H,4-6,11-12,15-16H2,1-3H3. The maximum Gasteiger partial charge on any atom is 0.225 e. The van der Waals surface area contributed by atoms with Crippen molar-refractivity contribution in [2.24, 2.45) is 5.92 Å². The molecular weight excluding hydrogens is 322 g/mol. The highest BCUT2D eigenvalue weighted by Gasteiger charge is 2.28. The van der Waals surface area contributed by atoms with Crippen LogP contribution in [0.4, 0.5) is 0 Å². The maximum atomic E-state index is 12.9. The van der Waals surface area contributed by atoms with Gasteiger partial charge in [-0.15, -0.1) is 0 Å². The molecule has 1 fully saturated rings. The fourth-order valence-electron chi connectivity index (χ4n) is 3.87. The number of carbonyl (C=O) groups excluding carboxylic acids is 1. The molecule has 0 aliphatic heterocycles. The number of hydrogen-bond donors (Lipinski definition) is 0. The van der Waals surface area contributed by atoms with Crippen LogP contribution in [-0.4, -0.2) is 26.4 Å². The quantitative estimate of drug-likeness (QED) is 0.764. The third-order valence-electron chi connectivity index (χ3n) is 5.51. The van der Waals surface area contributed by atoms with Gasteiger partial charge in [-0.2, -0.15) is 0 Å². The number of imidazole rings is 1. The van der Waals surface area contributed by atoms with E-state index in [0.717, 1.165) is 25.2 Å². The Kier molecular flexibility index (Phi) is 6.12. The molecule has 3 rings (SSSR count). The number of rotatable bonds is 6. The number of carbonyl (C=O) groups is 1. The summed E-state index contributed by atoms with van der Waals surface area (Å²) in [5.41, 5.74) is 2.58. The summed E-state index contributed by atoms with van der Waals surface area (Å²) < 4.78 is 2.19. The molecule has 0 radical (unpaired) electrons. The lowest BCUT2D eigenvalue weighted by Crippen LogP contribution is -2.43. The molecule has 26 heavy (non-hydrogen) atoms. The summed E-state index contributed by atoms with van der Waals surface area (Å²) in [4.78, 5) is 19.6. The molecule has 0 saturated heterocycles. The van der Waals surface area contributed by atoms with E-state index in [-0.39, 0.29) is 11.8 Å². The third-order valence-corrected chi connectivity index (χ3v) is 5.51. The van der Waals surface area contributed by atoms with Gasteiger partial charge in [0, 0.05) is 30.9 Å². The van der Waals surface area contributed by atoms with Crippen molar-refractivity contribution in [1.29, 1.82) is 0 Å². The maximum absolute atomic E-state index is 12.9. The predicted molar refractivity (Wildman–Crippen MR) is 105 cm³/mol. The first-order valence-corrected chi connectivity index (χ1v) is 9.91. The highest BCUT2D eigenvalue weighted by Crippen LogP contribution is 2.25. The monoisotopic (exact) mass is 353 g/mol. The summed E-state index contributed by atoms with van der Waals surface area (Å²) in [6, 6.07) is 8.82. The van der Waals surface area contributed by atoms with Crippen LogP contribution >= 0.6 is 0 Å². The van der Waals surface area contributed by atoms with Crippen LogP contribution in [0.25, 0.3) is 0 Å². The van der Waals surface area contributed by atoms with Crippen LogP contribution in [-0.2, 0) is 17.9 Å². The van der Waals surface area contributed by atoms with Gasteiger partial charge in [-0.1, -0.05) is 57.4 Å². The van der Waals surface area contributed by atoms with Gasteiger partial charge in [-0.05, 0) is 30.9 Å². The molecule has 1 heterocycles. The topological polar surface area (TPSA) is 38.1 Å². The van der Waals surface area contributed by atoms with Gasteiger partial charge in [0.15, 0.2) is 0 Å². The van der Waals surface area contributed by atoms with Crippen molar-refractivity contribution in [3.05, 3.63) is 53.6 Å². The van der Waals surface area contributed by atoms with Gasteiger partial charge in [0.1, 0.15) is 5.82 Å². The van der Waals surface area contributed by atoms with Crippen LogP contribution in [0.1, 0.15) is 62.9 Å². The summed E-state index contributed by atoms with van der Waals surface area (Å²) in [5.74, 6) is 1.26. The summed E-state index contributed by atoms with van der Waals surface area (Å²) in [6.07, 6.45) is 9.87. The first kappa shape index (κ1) is 18.7. The van der Waals surface area contributed by atoms with Crippen LogP contribution in [0.15, 0.2) is 36.7 Å². The summed E-state index contributed by atoms with van der Waals surface area (Å²) in [5, 5.41) is 0. The molecule has 1 aliphatic rings. The van der Waals surface area contributed by atoms with E-state index in [2.05, 4.69) is 45.6 Å². The Labute approximate surface area is 157 Å². The van der Waals surface area contributed by atoms with Crippen molar-refractivity contribution in [3.8, 4) is 0 Å². The van der Waals surface area contributed by atoms with E-state index >= 15 is 0 Å². The molecule has 0 unspecified atom stereocenters. The second-order valence-electron chi connectivity index (χ2n) is 7.81. The highest BCUT2D eigenvalue weighted by molar-refractivity contribution is 5.78. The van der Waals surface area contributed by atoms with Crippen LogP contribution in [0.2, 0.25) is 0 Å². The number of benzene rings is 1. The Morgan fingerprint density at radius 2 is 1.96 bits per heavy atom. The van der Waals surface area contributed by atoms with E-state index in [1.165, 1.54) is 30.4 Å². The minimum atomic E-state index is 0.0247. The fraction of sp³-hybridized carbons (Fsp3) is 0.545. The predicted octanol–water partition coefficient (Wildman–Crippen LogP) is 4.56. The van der Waals surface area contributed by atoms with Gasteiger partial charge in [-0.25, -0.2) is 4.98 Å². The first-order valence-electron chi connectivity index (χ1n) is 9.91. The zero-order valence-corrected chi connectivity index (χ0v) is 16.3. The summed E-state index contributed by atoms with van der Waals surface area (Å²) in [6.45, 7) is 7.55. The molecule has 2 aromatic rings. The van der Waals surface area contributed by atoms with Crippen molar-refractivity contribution < 1.29 is 4.79 Å². The van der Waals surface area contributed by atoms with E-state index in [1.54, 1.807) is 0 Å². The molecule has 1 amide bonds. The Bertz CT molecular complexity index is 728. The second kappa shape index (κ2) is 8.52. The Hall–Kier alpha value is -2.10. The van der Waals surface area contributed by atoms with E-state index in [4.69, 9.17) is 0 Å². The fourth-order valence-corrected chi connectivity index (χ4v) is 3.87. The number of aryl methyl sites for hydroxylation is 1. The molecule has 0 spiro atoms. The first-order chi connectivity index (χ1) is 12.6. The molecular formula is C22H31N3O. The Balaban J connectivity index is 1.80.